The number of piperazine rings is 1. The molecule has 1 amide bonds. The average molecular weight is 536 g/mol. The van der Waals surface area contributed by atoms with E-state index in [4.69, 9.17) is 0 Å². The van der Waals surface area contributed by atoms with Gasteiger partial charge in [-0.3, -0.25) is 4.79 Å². The number of sulfonamides is 1. The number of anilines is 2. The summed E-state index contributed by atoms with van der Waals surface area (Å²) >= 11 is 3.29. The number of halogens is 3. The summed E-state index contributed by atoms with van der Waals surface area (Å²) in [6.07, 6.45) is 0. The lowest BCUT2D eigenvalue weighted by Crippen LogP contribution is -2.48. The first-order valence-corrected chi connectivity index (χ1v) is 12.3. The number of hydrogen-bond donors (Lipinski definition) is 1. The molecule has 1 fully saturated rings. The molecule has 0 unspecified atom stereocenters. The molecule has 3 aromatic carbocycles. The van der Waals surface area contributed by atoms with Crippen molar-refractivity contribution in [1.82, 2.24) is 4.31 Å². The Kier molecular flexibility index (Phi) is 6.78. The van der Waals surface area contributed by atoms with Gasteiger partial charge in [-0.2, -0.15) is 4.31 Å². The molecule has 0 spiro atoms. The summed E-state index contributed by atoms with van der Waals surface area (Å²) in [5, 5.41) is 2.56. The van der Waals surface area contributed by atoms with Crippen molar-refractivity contribution in [2.75, 3.05) is 36.4 Å². The van der Waals surface area contributed by atoms with Gasteiger partial charge in [0.25, 0.3) is 5.91 Å². The smallest absolute Gasteiger partial charge is 0.258 e. The summed E-state index contributed by atoms with van der Waals surface area (Å²) in [7, 11) is -3.97. The Balaban J connectivity index is 1.51. The number of hydrogen-bond acceptors (Lipinski definition) is 4. The van der Waals surface area contributed by atoms with Crippen LogP contribution in [0.5, 0.6) is 0 Å². The van der Waals surface area contributed by atoms with Gasteiger partial charge in [-0.05, 0) is 54.6 Å². The van der Waals surface area contributed by atoms with Crippen molar-refractivity contribution in [2.45, 2.75) is 4.90 Å². The topological polar surface area (TPSA) is 69.7 Å². The van der Waals surface area contributed by atoms with Crippen LogP contribution >= 0.6 is 15.9 Å². The van der Waals surface area contributed by atoms with Crippen molar-refractivity contribution in [3.8, 4) is 0 Å². The molecule has 10 heteroatoms. The Morgan fingerprint density at radius 1 is 0.879 bits per heavy atom. The van der Waals surface area contributed by atoms with Crippen molar-refractivity contribution in [2.24, 2.45) is 0 Å². The molecule has 0 bridgehead atoms. The lowest BCUT2D eigenvalue weighted by molar-refractivity contribution is 0.102. The zero-order valence-corrected chi connectivity index (χ0v) is 19.7. The van der Waals surface area contributed by atoms with Crippen molar-refractivity contribution in [3.63, 3.8) is 0 Å². The molecule has 1 N–H and O–H groups in total. The van der Waals surface area contributed by atoms with Crippen LogP contribution in [0.3, 0.4) is 0 Å². The monoisotopic (exact) mass is 535 g/mol. The van der Waals surface area contributed by atoms with Crippen LogP contribution in [0.4, 0.5) is 20.2 Å². The molecule has 172 valence electrons. The van der Waals surface area contributed by atoms with Crippen molar-refractivity contribution >= 4 is 43.2 Å². The fraction of sp³-hybridized carbons (Fsp3) is 0.174. The lowest BCUT2D eigenvalue weighted by Gasteiger charge is -2.35. The molecule has 1 heterocycles. The van der Waals surface area contributed by atoms with Gasteiger partial charge in [0.15, 0.2) is 0 Å². The van der Waals surface area contributed by atoms with Crippen LogP contribution in [-0.4, -0.2) is 44.8 Å². The Hall–Kier alpha value is -2.82. The van der Waals surface area contributed by atoms with E-state index >= 15 is 0 Å². The van der Waals surface area contributed by atoms with E-state index in [0.717, 1.165) is 22.7 Å². The van der Waals surface area contributed by atoms with E-state index in [1.54, 1.807) is 47.4 Å². The molecule has 1 aliphatic heterocycles. The van der Waals surface area contributed by atoms with E-state index in [-0.39, 0.29) is 29.4 Å². The number of carbonyl (C=O) groups excluding carboxylic acids is 1. The minimum atomic E-state index is -3.97. The average Bonchev–Trinajstić information content (AvgIpc) is 2.81. The molecule has 4 rings (SSSR count). The Labute approximate surface area is 199 Å². The van der Waals surface area contributed by atoms with Crippen molar-refractivity contribution < 1.29 is 22.0 Å². The molecule has 0 saturated carbocycles. The number of nitrogens with one attached hydrogen (secondary N) is 1. The highest BCUT2D eigenvalue weighted by molar-refractivity contribution is 9.10. The fourth-order valence-electron chi connectivity index (χ4n) is 3.60. The fourth-order valence-corrected chi connectivity index (χ4v) is 5.31. The number of rotatable bonds is 5. The first-order chi connectivity index (χ1) is 15.8. The summed E-state index contributed by atoms with van der Waals surface area (Å²) in [5.74, 6) is -1.95. The third kappa shape index (κ3) is 5.07. The zero-order valence-electron chi connectivity index (χ0n) is 17.3. The Morgan fingerprint density at radius 2 is 1.55 bits per heavy atom. The van der Waals surface area contributed by atoms with E-state index in [9.17, 15) is 22.0 Å². The van der Waals surface area contributed by atoms with Crippen LogP contribution in [0, 0.1) is 11.6 Å². The molecular weight excluding hydrogens is 516 g/mol. The predicted octanol–water partition coefficient (Wildman–Crippen LogP) is 4.49. The summed E-state index contributed by atoms with van der Waals surface area (Å²) in [4.78, 5) is 14.2. The van der Waals surface area contributed by atoms with Crippen molar-refractivity contribution in [1.29, 1.82) is 0 Å². The number of amides is 1. The quantitative estimate of drug-likeness (QED) is 0.522. The maximum absolute atomic E-state index is 14.4. The zero-order chi connectivity index (χ0) is 23.6. The first-order valence-electron chi connectivity index (χ1n) is 10.1. The molecule has 6 nitrogen and oxygen atoms in total. The highest BCUT2D eigenvalue weighted by atomic mass is 79.9. The summed E-state index contributed by atoms with van der Waals surface area (Å²) in [6.45, 7) is 0.874. The van der Waals surface area contributed by atoms with Crippen LogP contribution < -0.4 is 10.2 Å². The number of carbonyl (C=O) groups is 1. The largest absolute Gasteiger partial charge is 0.367 e. The van der Waals surface area contributed by atoms with Gasteiger partial charge in [0.05, 0.1) is 16.1 Å². The van der Waals surface area contributed by atoms with Gasteiger partial charge in [-0.1, -0.05) is 28.1 Å². The molecule has 3 aromatic rings. The van der Waals surface area contributed by atoms with Crippen LogP contribution in [0.2, 0.25) is 0 Å². The molecule has 33 heavy (non-hydrogen) atoms. The van der Waals surface area contributed by atoms with Crippen LogP contribution in [0.15, 0.2) is 76.1 Å². The highest BCUT2D eigenvalue weighted by Gasteiger charge is 2.30. The van der Waals surface area contributed by atoms with Gasteiger partial charge >= 0.3 is 0 Å². The second-order valence-corrected chi connectivity index (χ2v) is 10.3. The van der Waals surface area contributed by atoms with E-state index in [1.165, 1.54) is 10.4 Å². The molecular formula is C23H20BrF2N3O3S. The second kappa shape index (κ2) is 9.58. The molecule has 1 aliphatic rings. The standard InChI is InChI=1S/C23H20BrF2N3O3S/c24-16-5-7-17(8-6-16)27-23(30)19-15-18(9-10-20(19)25)33(31,32)29-13-11-28(12-14-29)22-4-2-1-3-21(22)26/h1-10,15H,11-14H2,(H,27,30). The predicted molar refractivity (Wildman–Crippen MR) is 126 cm³/mol. The number of nitrogens with zero attached hydrogens (tertiary/aromatic N) is 2. The minimum absolute atomic E-state index is 0.133. The maximum Gasteiger partial charge on any atom is 0.258 e. The summed E-state index contributed by atoms with van der Waals surface area (Å²) in [6, 6.07) is 16.2. The van der Waals surface area contributed by atoms with E-state index < -0.39 is 21.7 Å². The first kappa shape index (κ1) is 23.3. The van der Waals surface area contributed by atoms with E-state index in [2.05, 4.69) is 21.2 Å². The second-order valence-electron chi connectivity index (χ2n) is 7.45. The van der Waals surface area contributed by atoms with E-state index in [1.807, 2.05) is 0 Å². The van der Waals surface area contributed by atoms with Crippen LogP contribution in [0.25, 0.3) is 0 Å². The van der Waals surface area contributed by atoms with Crippen LogP contribution in [-0.2, 0) is 10.0 Å². The van der Waals surface area contributed by atoms with Crippen molar-refractivity contribution in [3.05, 3.63) is 88.4 Å². The molecule has 0 aromatic heterocycles. The summed E-state index contributed by atoms with van der Waals surface area (Å²) < 4.78 is 56.8. The molecule has 0 radical (unpaired) electrons. The van der Waals surface area contributed by atoms with Gasteiger partial charge in [-0.25, -0.2) is 17.2 Å². The maximum atomic E-state index is 14.4. The third-order valence-corrected chi connectivity index (χ3v) is 7.78. The number of para-hydroxylation sites is 1. The van der Waals surface area contributed by atoms with Gasteiger partial charge < -0.3 is 10.2 Å². The molecule has 0 atom stereocenters. The Morgan fingerprint density at radius 3 is 2.21 bits per heavy atom. The molecule has 0 aliphatic carbocycles. The molecule has 1 saturated heterocycles. The van der Waals surface area contributed by atoms with Gasteiger partial charge in [-0.15, -0.1) is 0 Å². The highest BCUT2D eigenvalue weighted by Crippen LogP contribution is 2.25. The third-order valence-electron chi connectivity index (χ3n) is 5.35. The Bertz CT molecular complexity index is 1280. The van der Waals surface area contributed by atoms with Gasteiger partial charge in [0, 0.05) is 36.3 Å². The van der Waals surface area contributed by atoms with Gasteiger partial charge in [0.1, 0.15) is 11.6 Å². The SMILES string of the molecule is O=C(Nc1ccc(Br)cc1)c1cc(S(=O)(=O)N2CCN(c3ccccc3F)CC2)ccc1F. The summed E-state index contributed by atoms with van der Waals surface area (Å²) in [5.41, 5.74) is 0.493. The lowest BCUT2D eigenvalue weighted by atomic mass is 10.2. The minimum Gasteiger partial charge on any atom is -0.367 e. The van der Waals surface area contributed by atoms with E-state index in [0.29, 0.717) is 24.5 Å². The number of benzene rings is 3. The van der Waals surface area contributed by atoms with Crippen LogP contribution in [0.1, 0.15) is 10.4 Å². The van der Waals surface area contributed by atoms with Gasteiger partial charge in [0.2, 0.25) is 10.0 Å². The normalized spacial score (nSPS) is 14.8.